The van der Waals surface area contributed by atoms with Gasteiger partial charge in [0.05, 0.1) is 32.2 Å². The standard InChI is InChI=1S/C16H20ClN3.ClH/c1-19(2)11-12-20(13-14-7-4-3-5-8-14)16-15(17)9-6-10-18-16;/h3-10H,11-13H2,1-2H3;1H. The Morgan fingerprint density at radius 3 is 2.43 bits per heavy atom. The summed E-state index contributed by atoms with van der Waals surface area (Å²) in [5.41, 5.74) is 1.27. The first-order valence-electron chi connectivity index (χ1n) is 6.85. The van der Waals surface area contributed by atoms with Crippen LogP contribution in [0, 0.1) is 0 Å². The Bertz CT molecular complexity index is 532. The van der Waals surface area contributed by atoms with E-state index in [9.17, 15) is 0 Å². The van der Waals surface area contributed by atoms with Crippen LogP contribution in [0.3, 0.4) is 0 Å². The molecule has 0 bridgehead atoms. The van der Waals surface area contributed by atoms with Crippen LogP contribution < -0.4 is 22.2 Å². The van der Waals surface area contributed by atoms with Crippen molar-refractivity contribution in [1.29, 1.82) is 0 Å². The molecule has 1 aromatic carbocycles. The molecular weight excluding hydrogens is 305 g/mol. The molecule has 0 unspecified atom stereocenters. The second-order valence-corrected chi connectivity index (χ2v) is 5.58. The third kappa shape index (κ3) is 5.54. The molecule has 0 amide bonds. The van der Waals surface area contributed by atoms with Gasteiger partial charge in [-0.05, 0) is 17.7 Å². The molecule has 0 spiro atoms. The summed E-state index contributed by atoms with van der Waals surface area (Å²) in [6.45, 7) is 2.79. The number of aromatic nitrogens is 1. The van der Waals surface area contributed by atoms with Gasteiger partial charge in [0.15, 0.2) is 0 Å². The van der Waals surface area contributed by atoms with Crippen molar-refractivity contribution in [1.82, 2.24) is 4.98 Å². The molecule has 2 rings (SSSR count). The fourth-order valence-electron chi connectivity index (χ4n) is 2.03. The van der Waals surface area contributed by atoms with Crippen LogP contribution in [0.25, 0.3) is 0 Å². The molecule has 5 heteroatoms. The van der Waals surface area contributed by atoms with E-state index in [0.29, 0.717) is 5.02 Å². The van der Waals surface area contributed by atoms with Gasteiger partial charge in [0, 0.05) is 12.7 Å². The number of benzene rings is 1. The number of rotatable bonds is 6. The van der Waals surface area contributed by atoms with Crippen molar-refractivity contribution in [2.75, 3.05) is 32.1 Å². The minimum absolute atomic E-state index is 0. The number of nitrogens with zero attached hydrogens (tertiary/aromatic N) is 2. The van der Waals surface area contributed by atoms with Crippen molar-refractivity contribution >= 4 is 17.4 Å². The Labute approximate surface area is 138 Å². The van der Waals surface area contributed by atoms with Gasteiger partial charge in [-0.25, -0.2) is 4.98 Å². The molecule has 21 heavy (non-hydrogen) atoms. The van der Waals surface area contributed by atoms with E-state index < -0.39 is 0 Å². The summed E-state index contributed by atoms with van der Waals surface area (Å²) < 4.78 is 0. The number of hydrogen-bond donors (Lipinski definition) is 1. The predicted octanol–water partition coefficient (Wildman–Crippen LogP) is -1.11. The Kier molecular flexibility index (Phi) is 7.51. The number of quaternary nitrogens is 1. The largest absolute Gasteiger partial charge is 1.00 e. The number of anilines is 1. The molecule has 3 nitrogen and oxygen atoms in total. The molecule has 1 N–H and O–H groups in total. The molecule has 0 fully saturated rings. The quantitative estimate of drug-likeness (QED) is 0.727. The summed E-state index contributed by atoms with van der Waals surface area (Å²) >= 11 is 6.29. The van der Waals surface area contributed by atoms with Crippen molar-refractivity contribution in [3.8, 4) is 0 Å². The van der Waals surface area contributed by atoms with Crippen molar-refractivity contribution in [2.45, 2.75) is 6.54 Å². The molecule has 0 radical (unpaired) electrons. The molecule has 0 saturated heterocycles. The molecular formula is C16H21Cl2N3. The second kappa shape index (κ2) is 8.88. The van der Waals surface area contributed by atoms with Gasteiger partial charge >= 0.3 is 0 Å². The third-order valence-corrected chi connectivity index (χ3v) is 3.43. The highest BCUT2D eigenvalue weighted by Gasteiger charge is 2.13. The number of pyridine rings is 1. The fourth-order valence-corrected chi connectivity index (χ4v) is 2.27. The summed E-state index contributed by atoms with van der Waals surface area (Å²) in [4.78, 5) is 8.09. The van der Waals surface area contributed by atoms with E-state index in [0.717, 1.165) is 25.5 Å². The summed E-state index contributed by atoms with van der Waals surface area (Å²) in [6.07, 6.45) is 1.79. The molecule has 0 aliphatic rings. The third-order valence-electron chi connectivity index (χ3n) is 3.14. The Hall–Kier alpha value is -1.29. The van der Waals surface area contributed by atoms with Crippen LogP contribution >= 0.6 is 11.6 Å². The topological polar surface area (TPSA) is 20.6 Å². The maximum Gasteiger partial charge on any atom is 0.147 e. The van der Waals surface area contributed by atoms with Gasteiger partial charge in [0.25, 0.3) is 0 Å². The summed E-state index contributed by atoms with van der Waals surface area (Å²) in [5.74, 6) is 0.860. The maximum atomic E-state index is 6.29. The Morgan fingerprint density at radius 2 is 1.81 bits per heavy atom. The van der Waals surface area contributed by atoms with Gasteiger partial charge in [-0.1, -0.05) is 41.9 Å². The van der Waals surface area contributed by atoms with Crippen molar-refractivity contribution in [3.05, 3.63) is 59.2 Å². The smallest absolute Gasteiger partial charge is 0.147 e. The van der Waals surface area contributed by atoms with Crippen LogP contribution in [0.4, 0.5) is 5.82 Å². The van der Waals surface area contributed by atoms with Crippen LogP contribution in [-0.2, 0) is 6.54 Å². The SMILES string of the molecule is C[NH+](C)CCN(Cc1ccccc1)c1ncccc1Cl.[Cl-]. The van der Waals surface area contributed by atoms with Crippen LogP contribution in [0.1, 0.15) is 5.56 Å². The second-order valence-electron chi connectivity index (χ2n) is 5.17. The van der Waals surface area contributed by atoms with Gasteiger partial charge in [-0.15, -0.1) is 0 Å². The highest BCUT2D eigenvalue weighted by Crippen LogP contribution is 2.23. The maximum absolute atomic E-state index is 6.29. The Balaban J connectivity index is 0.00000220. The van der Waals surface area contributed by atoms with Gasteiger partial charge in [-0.3, -0.25) is 0 Å². The molecule has 0 aliphatic heterocycles. The van der Waals surface area contributed by atoms with Gasteiger partial charge in [0.1, 0.15) is 5.82 Å². The van der Waals surface area contributed by atoms with Crippen molar-refractivity contribution in [3.63, 3.8) is 0 Å². The van der Waals surface area contributed by atoms with Crippen molar-refractivity contribution < 1.29 is 17.3 Å². The average molecular weight is 326 g/mol. The van der Waals surface area contributed by atoms with Crippen LogP contribution in [0.5, 0.6) is 0 Å². The minimum atomic E-state index is 0. The Morgan fingerprint density at radius 1 is 1.10 bits per heavy atom. The predicted molar refractivity (Wildman–Crippen MR) is 84.4 cm³/mol. The van der Waals surface area contributed by atoms with E-state index in [1.807, 2.05) is 18.2 Å². The molecule has 2 aromatic rings. The molecule has 1 aromatic heterocycles. The van der Waals surface area contributed by atoms with Crippen LogP contribution in [0.15, 0.2) is 48.7 Å². The van der Waals surface area contributed by atoms with Gasteiger partial charge in [-0.2, -0.15) is 0 Å². The minimum Gasteiger partial charge on any atom is -1.00 e. The van der Waals surface area contributed by atoms with E-state index >= 15 is 0 Å². The average Bonchev–Trinajstić information content (AvgIpc) is 2.45. The van der Waals surface area contributed by atoms with Gasteiger partial charge in [0.2, 0.25) is 0 Å². The van der Waals surface area contributed by atoms with Crippen molar-refractivity contribution in [2.24, 2.45) is 0 Å². The fraction of sp³-hybridized carbons (Fsp3) is 0.312. The summed E-state index contributed by atoms with van der Waals surface area (Å²) in [5, 5.41) is 0.706. The van der Waals surface area contributed by atoms with E-state index in [4.69, 9.17) is 11.6 Å². The molecule has 0 aliphatic carbocycles. The summed E-state index contributed by atoms with van der Waals surface area (Å²) in [6, 6.07) is 14.2. The lowest BCUT2D eigenvalue weighted by atomic mass is 10.2. The van der Waals surface area contributed by atoms with Gasteiger partial charge < -0.3 is 22.2 Å². The monoisotopic (exact) mass is 325 g/mol. The zero-order valence-electron chi connectivity index (χ0n) is 12.4. The van der Waals surface area contributed by atoms with E-state index in [-0.39, 0.29) is 12.4 Å². The zero-order chi connectivity index (χ0) is 14.4. The lowest BCUT2D eigenvalue weighted by Gasteiger charge is -2.25. The molecule has 1 heterocycles. The van der Waals surface area contributed by atoms with Crippen LogP contribution in [0.2, 0.25) is 5.02 Å². The first kappa shape index (κ1) is 17.8. The number of nitrogens with one attached hydrogen (secondary N) is 1. The van der Waals surface area contributed by atoms with E-state index in [2.05, 4.69) is 48.2 Å². The molecule has 114 valence electrons. The lowest BCUT2D eigenvalue weighted by molar-refractivity contribution is -0.856. The number of likely N-dealkylation sites (N-methyl/N-ethyl adjacent to an activating group) is 1. The number of halogens is 2. The van der Waals surface area contributed by atoms with E-state index in [1.165, 1.54) is 10.5 Å². The highest BCUT2D eigenvalue weighted by atomic mass is 35.5. The van der Waals surface area contributed by atoms with E-state index in [1.54, 1.807) is 6.20 Å². The zero-order valence-corrected chi connectivity index (χ0v) is 13.9. The van der Waals surface area contributed by atoms with Crippen LogP contribution in [-0.4, -0.2) is 32.2 Å². The highest BCUT2D eigenvalue weighted by molar-refractivity contribution is 6.32. The first-order valence-corrected chi connectivity index (χ1v) is 7.23. The number of hydrogen-bond acceptors (Lipinski definition) is 2. The first-order chi connectivity index (χ1) is 9.66. The molecule has 0 saturated carbocycles. The normalized spacial score (nSPS) is 10.3. The lowest BCUT2D eigenvalue weighted by Crippen LogP contribution is -3.06. The molecule has 0 atom stereocenters. The summed E-state index contributed by atoms with van der Waals surface area (Å²) in [7, 11) is 4.31.